The van der Waals surface area contributed by atoms with Crippen molar-refractivity contribution >= 4 is 10.8 Å². The minimum Gasteiger partial charge on any atom is -1.00 e. The molecule has 0 aliphatic rings. The Morgan fingerprint density at radius 3 is 2.48 bits per heavy atom. The maximum atomic E-state index is 12.7. The maximum absolute atomic E-state index is 12.7. The van der Waals surface area contributed by atoms with Gasteiger partial charge >= 0.3 is 0 Å². The summed E-state index contributed by atoms with van der Waals surface area (Å²) in [6.07, 6.45) is 6.82. The van der Waals surface area contributed by atoms with Crippen LogP contribution in [0.15, 0.2) is 53.6 Å². The molecule has 0 aliphatic carbocycles. The van der Waals surface area contributed by atoms with Crippen LogP contribution in [0.25, 0.3) is 10.8 Å². The lowest BCUT2D eigenvalue weighted by Gasteiger charge is -2.10. The van der Waals surface area contributed by atoms with E-state index < -0.39 is 0 Å². The highest BCUT2D eigenvalue weighted by Gasteiger charge is 2.10. The molecule has 3 aromatic rings. The summed E-state index contributed by atoms with van der Waals surface area (Å²) >= 11 is 0. The summed E-state index contributed by atoms with van der Waals surface area (Å²) in [4.78, 5) is 15.6. The topological polar surface area (TPSA) is 49.0 Å². The Morgan fingerprint density at radius 1 is 1.09 bits per heavy atom. The molecule has 0 amide bonds. The molecule has 0 radical (unpaired) electrons. The Balaban J connectivity index is 0.00000192. The highest BCUT2D eigenvalue weighted by Crippen LogP contribution is 2.15. The van der Waals surface area contributed by atoms with E-state index in [-0.39, 0.29) is 18.0 Å². The molecule has 0 fully saturated rings. The second kappa shape index (κ2) is 7.88. The fourth-order valence-electron chi connectivity index (χ4n) is 2.64. The van der Waals surface area contributed by atoms with E-state index in [9.17, 15) is 4.79 Å². The molecular weight excluding hydrogens is 310 g/mol. The SMILES string of the molecule is CCCCc1nn(Cc2cc[nH+]cc2)c(=O)c2ccccc12.[Cl-]. The molecule has 0 bridgehead atoms. The molecule has 3 rings (SSSR count). The Hall–Kier alpha value is -2.20. The molecule has 0 saturated heterocycles. The monoisotopic (exact) mass is 329 g/mol. The second-order valence-electron chi connectivity index (χ2n) is 5.47. The minimum atomic E-state index is -0.0244. The van der Waals surface area contributed by atoms with E-state index >= 15 is 0 Å². The summed E-state index contributed by atoms with van der Waals surface area (Å²) in [5, 5.41) is 6.37. The summed E-state index contributed by atoms with van der Waals surface area (Å²) in [7, 11) is 0. The molecule has 2 heterocycles. The van der Waals surface area contributed by atoms with Crippen molar-refractivity contribution < 1.29 is 17.4 Å². The zero-order valence-corrected chi connectivity index (χ0v) is 13.9. The van der Waals surface area contributed by atoms with E-state index in [2.05, 4.69) is 17.0 Å². The van der Waals surface area contributed by atoms with Crippen LogP contribution < -0.4 is 23.0 Å². The molecule has 23 heavy (non-hydrogen) atoms. The van der Waals surface area contributed by atoms with Gasteiger partial charge in [-0.3, -0.25) is 4.79 Å². The van der Waals surface area contributed by atoms with Crippen molar-refractivity contribution in [2.45, 2.75) is 32.7 Å². The average Bonchev–Trinajstić information content (AvgIpc) is 2.57. The van der Waals surface area contributed by atoms with Gasteiger partial charge in [-0.05, 0) is 24.5 Å². The van der Waals surface area contributed by atoms with E-state index in [0.717, 1.165) is 41.3 Å². The largest absolute Gasteiger partial charge is 1.00 e. The number of H-pyrrole nitrogens is 1. The molecule has 1 N–H and O–H groups in total. The van der Waals surface area contributed by atoms with Gasteiger partial charge in [-0.2, -0.15) is 5.10 Å². The number of hydrogen-bond acceptors (Lipinski definition) is 2. The average molecular weight is 330 g/mol. The minimum absolute atomic E-state index is 0. The van der Waals surface area contributed by atoms with Crippen LogP contribution in [0.3, 0.4) is 0 Å². The van der Waals surface area contributed by atoms with Crippen LogP contribution in [0, 0.1) is 0 Å². The third-order valence-corrected chi connectivity index (χ3v) is 3.83. The Kier molecular flexibility index (Phi) is 5.88. The van der Waals surface area contributed by atoms with Crippen LogP contribution in [-0.2, 0) is 13.0 Å². The number of fused-ring (bicyclic) bond motifs is 1. The van der Waals surface area contributed by atoms with Crippen molar-refractivity contribution in [1.82, 2.24) is 9.78 Å². The second-order valence-corrected chi connectivity index (χ2v) is 5.47. The molecular formula is C18H20ClN3O. The van der Waals surface area contributed by atoms with Crippen LogP contribution in [-0.4, -0.2) is 9.78 Å². The molecule has 0 saturated carbocycles. The third kappa shape index (κ3) is 3.77. The highest BCUT2D eigenvalue weighted by atomic mass is 35.5. The van der Waals surface area contributed by atoms with Gasteiger partial charge in [-0.15, -0.1) is 0 Å². The number of benzene rings is 1. The molecule has 0 aliphatic heterocycles. The number of unbranched alkanes of at least 4 members (excludes halogenated alkanes) is 1. The molecule has 0 unspecified atom stereocenters. The standard InChI is InChI=1S/C18H19N3O.ClH/c1-2-3-8-17-15-6-4-5-7-16(15)18(22)21(20-17)13-14-9-11-19-12-10-14;/h4-7,9-12H,2-3,8,13H2,1H3;1H. The summed E-state index contributed by atoms with van der Waals surface area (Å²) < 4.78 is 1.59. The van der Waals surface area contributed by atoms with Gasteiger partial charge in [-0.25, -0.2) is 9.67 Å². The van der Waals surface area contributed by atoms with E-state index in [1.165, 1.54) is 0 Å². The third-order valence-electron chi connectivity index (χ3n) is 3.83. The summed E-state index contributed by atoms with van der Waals surface area (Å²) in [5.74, 6) is 0. The van der Waals surface area contributed by atoms with E-state index in [1.807, 2.05) is 48.8 Å². The van der Waals surface area contributed by atoms with Crippen LogP contribution >= 0.6 is 0 Å². The number of rotatable bonds is 5. The fraction of sp³-hybridized carbons (Fsp3) is 0.278. The van der Waals surface area contributed by atoms with Crippen LogP contribution in [0.5, 0.6) is 0 Å². The van der Waals surface area contributed by atoms with Crippen molar-refractivity contribution in [3.8, 4) is 0 Å². The van der Waals surface area contributed by atoms with Gasteiger partial charge in [-0.1, -0.05) is 31.5 Å². The predicted molar refractivity (Wildman–Crippen MR) is 86.7 cm³/mol. The first-order valence-electron chi connectivity index (χ1n) is 7.73. The molecule has 0 atom stereocenters. The summed E-state index contributed by atoms with van der Waals surface area (Å²) in [6, 6.07) is 11.7. The van der Waals surface area contributed by atoms with Crippen LogP contribution in [0.1, 0.15) is 31.0 Å². The van der Waals surface area contributed by atoms with Gasteiger partial charge in [0.05, 0.1) is 17.6 Å². The molecule has 4 nitrogen and oxygen atoms in total. The maximum Gasteiger partial charge on any atom is 0.274 e. The van der Waals surface area contributed by atoms with Crippen molar-refractivity contribution in [3.05, 3.63) is 70.4 Å². The lowest BCUT2D eigenvalue weighted by molar-refractivity contribution is -0.378. The number of hydrogen-bond donors (Lipinski definition) is 0. The van der Waals surface area contributed by atoms with E-state index in [1.54, 1.807) is 4.68 Å². The Labute approximate surface area is 141 Å². The predicted octanol–water partition coefficient (Wildman–Crippen LogP) is -0.394. The lowest BCUT2D eigenvalue weighted by atomic mass is 10.1. The first-order valence-corrected chi connectivity index (χ1v) is 7.73. The van der Waals surface area contributed by atoms with E-state index in [4.69, 9.17) is 0 Å². The normalized spacial score (nSPS) is 10.5. The van der Waals surface area contributed by atoms with E-state index in [0.29, 0.717) is 6.54 Å². The molecule has 2 aromatic heterocycles. The number of aryl methyl sites for hydroxylation is 1. The van der Waals surface area contributed by atoms with Crippen molar-refractivity contribution in [2.24, 2.45) is 0 Å². The molecule has 120 valence electrons. The fourth-order valence-corrected chi connectivity index (χ4v) is 2.64. The van der Waals surface area contributed by atoms with Gasteiger partial charge in [0.2, 0.25) is 0 Å². The van der Waals surface area contributed by atoms with Gasteiger partial charge in [0.25, 0.3) is 5.56 Å². The first-order chi connectivity index (χ1) is 10.8. The van der Waals surface area contributed by atoms with Crippen molar-refractivity contribution in [2.75, 3.05) is 0 Å². The zero-order valence-electron chi connectivity index (χ0n) is 13.1. The Bertz CT molecular complexity index is 831. The molecule has 1 aromatic carbocycles. The number of halogens is 1. The zero-order chi connectivity index (χ0) is 15.4. The number of nitrogens with zero attached hydrogens (tertiary/aromatic N) is 2. The molecule has 5 heteroatoms. The van der Waals surface area contributed by atoms with Crippen molar-refractivity contribution in [3.63, 3.8) is 0 Å². The Morgan fingerprint density at radius 2 is 1.78 bits per heavy atom. The van der Waals surface area contributed by atoms with Gasteiger partial charge in [0.15, 0.2) is 12.4 Å². The highest BCUT2D eigenvalue weighted by molar-refractivity contribution is 5.83. The first kappa shape index (κ1) is 17.2. The lowest BCUT2D eigenvalue weighted by Crippen LogP contribution is -3.00. The quantitative estimate of drug-likeness (QED) is 0.640. The summed E-state index contributed by atoms with van der Waals surface area (Å²) in [5.41, 5.74) is 2.05. The van der Waals surface area contributed by atoms with Gasteiger partial charge < -0.3 is 12.4 Å². The smallest absolute Gasteiger partial charge is 0.274 e. The summed E-state index contributed by atoms with van der Waals surface area (Å²) in [6.45, 7) is 2.66. The van der Waals surface area contributed by atoms with Crippen molar-refractivity contribution in [1.29, 1.82) is 0 Å². The number of aromatic nitrogens is 3. The van der Waals surface area contributed by atoms with Gasteiger partial charge in [0.1, 0.15) is 0 Å². The number of aromatic amines is 1. The molecule has 0 spiro atoms. The van der Waals surface area contributed by atoms with Gasteiger partial charge in [0, 0.05) is 17.5 Å². The number of pyridine rings is 1. The van der Waals surface area contributed by atoms with Crippen LogP contribution in [0.2, 0.25) is 0 Å². The number of nitrogens with one attached hydrogen (secondary N) is 1. The van der Waals surface area contributed by atoms with Crippen LogP contribution in [0.4, 0.5) is 0 Å².